The molecule has 1 fully saturated rings. The van der Waals surface area contributed by atoms with E-state index in [0.29, 0.717) is 17.5 Å². The van der Waals surface area contributed by atoms with Crippen LogP contribution in [0.2, 0.25) is 5.02 Å². The second-order valence-corrected chi connectivity index (χ2v) is 9.09. The summed E-state index contributed by atoms with van der Waals surface area (Å²) in [6, 6.07) is 8.25. The zero-order valence-electron chi connectivity index (χ0n) is 25.6. The molecule has 0 unspecified atom stereocenters. The van der Waals surface area contributed by atoms with Gasteiger partial charge in [0, 0.05) is 25.7 Å². The minimum Gasteiger partial charge on any atom is -0.465 e. The molecule has 1 saturated carbocycles. The van der Waals surface area contributed by atoms with Crippen LogP contribution in [0.1, 0.15) is 94.6 Å². The highest BCUT2D eigenvalue weighted by Gasteiger charge is 2.25. The fourth-order valence-corrected chi connectivity index (χ4v) is 4.65. The smallest absolute Gasteiger partial charge is 0.338 e. The average molecular weight is 603 g/mol. The molecule has 1 aliphatic rings. The van der Waals surface area contributed by atoms with Gasteiger partial charge in [0.1, 0.15) is 17.1 Å². The summed E-state index contributed by atoms with van der Waals surface area (Å²) in [5, 5.41) is 5.62. The first kappa shape index (κ1) is 36.1. The molecule has 0 saturated heterocycles. The molecule has 0 bridgehead atoms. The molecule has 3 amide bonds. The summed E-state index contributed by atoms with van der Waals surface area (Å²) in [4.78, 5) is 52.7. The largest absolute Gasteiger partial charge is 0.465 e. The van der Waals surface area contributed by atoms with Gasteiger partial charge >= 0.3 is 5.97 Å². The number of carbonyl (C=O) groups excluding carboxylic acids is 4. The molecule has 1 aliphatic carbocycles. The highest BCUT2D eigenvalue weighted by atomic mass is 35.5. The molecule has 0 spiro atoms. The highest BCUT2D eigenvalue weighted by Crippen LogP contribution is 2.34. The summed E-state index contributed by atoms with van der Waals surface area (Å²) in [6.07, 6.45) is 8.14. The van der Waals surface area contributed by atoms with Gasteiger partial charge in [-0.15, -0.1) is 0 Å². The number of nitrogens with zero attached hydrogens (tertiary/aromatic N) is 2. The Morgan fingerprint density at radius 1 is 1.10 bits per heavy atom. The second-order valence-electron chi connectivity index (χ2n) is 8.65. The fourth-order valence-electron chi connectivity index (χ4n) is 4.54. The van der Waals surface area contributed by atoms with Gasteiger partial charge < -0.3 is 24.7 Å². The molecule has 2 aromatic heterocycles. The summed E-state index contributed by atoms with van der Waals surface area (Å²) in [6.45, 7) is 12.6. The Hall–Kier alpha value is -3.92. The monoisotopic (exact) mass is 602 g/mol. The third-order valence-electron chi connectivity index (χ3n) is 6.26. The van der Waals surface area contributed by atoms with Crippen molar-refractivity contribution in [2.24, 2.45) is 0 Å². The number of rotatable bonds is 7. The van der Waals surface area contributed by atoms with Gasteiger partial charge in [0.25, 0.3) is 5.91 Å². The van der Waals surface area contributed by atoms with E-state index in [-0.39, 0.29) is 39.7 Å². The number of nitrogens with one attached hydrogen (secondary N) is 2. The number of anilines is 2. The molecule has 0 atom stereocenters. The minimum atomic E-state index is -0.656. The molecule has 4 rings (SSSR count). The van der Waals surface area contributed by atoms with E-state index in [2.05, 4.69) is 22.5 Å². The number of aromatic nitrogens is 1. The van der Waals surface area contributed by atoms with Crippen molar-refractivity contribution >= 4 is 58.3 Å². The van der Waals surface area contributed by atoms with Crippen LogP contribution < -0.4 is 10.6 Å². The van der Waals surface area contributed by atoms with Crippen molar-refractivity contribution < 1.29 is 28.3 Å². The van der Waals surface area contributed by atoms with E-state index in [9.17, 15) is 19.2 Å². The number of pyridine rings is 1. The van der Waals surface area contributed by atoms with E-state index >= 15 is 0 Å². The van der Waals surface area contributed by atoms with Crippen LogP contribution in [-0.4, -0.2) is 53.8 Å². The molecule has 10 nitrogen and oxygen atoms in total. The first-order valence-electron chi connectivity index (χ1n) is 14.3. The van der Waals surface area contributed by atoms with E-state index in [1.807, 2.05) is 32.6 Å². The Kier molecular flexibility index (Phi) is 16.5. The Labute approximate surface area is 253 Å². The van der Waals surface area contributed by atoms with Crippen molar-refractivity contribution in [3.05, 3.63) is 52.9 Å². The molecule has 0 aliphatic heterocycles. The Morgan fingerprint density at radius 2 is 1.76 bits per heavy atom. The summed E-state index contributed by atoms with van der Waals surface area (Å²) in [7, 11) is 1.23. The molecule has 0 radical (unpaired) electrons. The summed E-state index contributed by atoms with van der Waals surface area (Å²) in [5.74, 6) is -0.984. The van der Waals surface area contributed by atoms with E-state index in [4.69, 9.17) is 20.8 Å². The quantitative estimate of drug-likeness (QED) is 0.214. The number of esters is 1. The van der Waals surface area contributed by atoms with Crippen molar-refractivity contribution in [2.75, 3.05) is 24.3 Å². The van der Waals surface area contributed by atoms with Gasteiger partial charge in [-0.1, -0.05) is 64.6 Å². The third-order valence-corrected chi connectivity index (χ3v) is 6.48. The fraction of sp³-hybridized carbons (Fsp3) is 0.452. The lowest BCUT2D eigenvalue weighted by molar-refractivity contribution is -0.131. The van der Waals surface area contributed by atoms with Gasteiger partial charge in [0.15, 0.2) is 0 Å². The number of hydrogen-bond donors (Lipinski definition) is 2. The van der Waals surface area contributed by atoms with E-state index in [0.717, 1.165) is 6.54 Å². The number of methoxy groups -OCH3 is 1. The lowest BCUT2D eigenvalue weighted by Crippen LogP contribution is -2.39. The number of hydrogen-bond acceptors (Lipinski definition) is 7. The van der Waals surface area contributed by atoms with E-state index in [1.54, 1.807) is 25.1 Å². The van der Waals surface area contributed by atoms with E-state index in [1.165, 1.54) is 57.5 Å². The molecule has 2 N–H and O–H groups in total. The Bertz CT molecular complexity index is 1290. The van der Waals surface area contributed by atoms with Crippen LogP contribution in [-0.2, 0) is 14.3 Å². The molecule has 3 aromatic rings. The normalized spacial score (nSPS) is 12.2. The van der Waals surface area contributed by atoms with Crippen LogP contribution in [0.15, 0.2) is 40.9 Å². The third kappa shape index (κ3) is 9.87. The number of halogens is 1. The number of carbonyl (C=O) groups is 4. The molecular weight excluding hydrogens is 560 g/mol. The summed E-state index contributed by atoms with van der Waals surface area (Å²) < 4.78 is 10.3. The van der Waals surface area contributed by atoms with Crippen molar-refractivity contribution in [1.29, 1.82) is 0 Å². The van der Waals surface area contributed by atoms with Gasteiger partial charge in [-0.2, -0.15) is 0 Å². The molecule has 230 valence electrons. The van der Waals surface area contributed by atoms with Crippen molar-refractivity contribution in [3.63, 3.8) is 0 Å². The van der Waals surface area contributed by atoms with Crippen LogP contribution in [0.25, 0.3) is 11.0 Å². The maximum atomic E-state index is 12.6. The zero-order valence-corrected chi connectivity index (χ0v) is 26.3. The molecule has 42 heavy (non-hydrogen) atoms. The van der Waals surface area contributed by atoms with Crippen LogP contribution in [0.5, 0.6) is 0 Å². The first-order chi connectivity index (χ1) is 20.3. The number of fused-ring (bicyclic) bond motifs is 1. The Morgan fingerprint density at radius 3 is 2.29 bits per heavy atom. The second kappa shape index (κ2) is 19.2. The summed E-state index contributed by atoms with van der Waals surface area (Å²) in [5.41, 5.74) is 0.454. The molecule has 11 heteroatoms. The van der Waals surface area contributed by atoms with Crippen molar-refractivity contribution in [3.8, 4) is 0 Å². The number of ether oxygens (including phenoxy) is 1. The Balaban J connectivity index is 0.000000462. The minimum absolute atomic E-state index is 0.0578. The van der Waals surface area contributed by atoms with Crippen LogP contribution in [0.4, 0.5) is 11.5 Å². The SMILES string of the molecule is CC.CC.CCN(C(C)=O)C1CCCCC1.COC(=O)c1cccc2oc(C(=O)Nc3ccc(Cl)cn3)c(NC=O)c12. The maximum Gasteiger partial charge on any atom is 0.338 e. The predicted molar refractivity (Wildman–Crippen MR) is 167 cm³/mol. The number of benzene rings is 1. The highest BCUT2D eigenvalue weighted by molar-refractivity contribution is 6.30. The van der Waals surface area contributed by atoms with Gasteiger partial charge in [-0.05, 0) is 44.0 Å². The first-order valence-corrected chi connectivity index (χ1v) is 14.7. The molecule has 2 heterocycles. The predicted octanol–water partition coefficient (Wildman–Crippen LogP) is 7.33. The van der Waals surface area contributed by atoms with Gasteiger partial charge in [-0.25, -0.2) is 9.78 Å². The van der Waals surface area contributed by atoms with Crippen LogP contribution in [0, 0.1) is 0 Å². The molecule has 1 aromatic carbocycles. The lowest BCUT2D eigenvalue weighted by atomic mass is 9.94. The maximum absolute atomic E-state index is 12.6. The standard InChI is InChI=1S/C17H12ClN3O5.C10H19NO.2C2H6/c1-25-17(24)10-3-2-4-11-13(10)14(20-8-22)15(26-11)16(23)21-12-6-5-9(18)7-19-12;1-3-11(9(2)12)10-7-5-4-6-8-10;2*1-2/h2-8H,1H3,(H,20,22)(H,19,21,23);10H,3-8H2,1-2H3;2*1-2H3. The average Bonchev–Trinajstić information content (AvgIpc) is 3.40. The van der Waals surface area contributed by atoms with Gasteiger partial charge in [0.2, 0.25) is 18.1 Å². The molecular formula is C31H43ClN4O6. The number of amides is 3. The van der Waals surface area contributed by atoms with Crippen LogP contribution >= 0.6 is 11.6 Å². The van der Waals surface area contributed by atoms with Gasteiger partial charge in [-0.3, -0.25) is 14.4 Å². The zero-order chi connectivity index (χ0) is 31.7. The topological polar surface area (TPSA) is 131 Å². The van der Waals surface area contributed by atoms with E-state index < -0.39 is 11.9 Å². The van der Waals surface area contributed by atoms with Gasteiger partial charge in [0.05, 0.1) is 23.1 Å². The summed E-state index contributed by atoms with van der Waals surface area (Å²) >= 11 is 5.76. The number of furan rings is 1. The van der Waals surface area contributed by atoms with Crippen molar-refractivity contribution in [1.82, 2.24) is 9.88 Å². The van der Waals surface area contributed by atoms with Crippen molar-refractivity contribution in [2.45, 2.75) is 79.7 Å². The lowest BCUT2D eigenvalue weighted by Gasteiger charge is -2.32. The van der Waals surface area contributed by atoms with Crippen LogP contribution in [0.3, 0.4) is 0 Å².